The van der Waals surface area contributed by atoms with E-state index in [4.69, 9.17) is 5.73 Å². The third-order valence-corrected chi connectivity index (χ3v) is 3.00. The molecule has 1 aromatic carbocycles. The second-order valence-corrected chi connectivity index (χ2v) is 4.52. The van der Waals surface area contributed by atoms with Crippen molar-refractivity contribution in [2.45, 2.75) is 26.8 Å². The van der Waals surface area contributed by atoms with E-state index in [1.54, 1.807) is 0 Å². The van der Waals surface area contributed by atoms with Crippen molar-refractivity contribution in [3.8, 4) is 0 Å². The third kappa shape index (κ3) is 2.53. The normalized spacial score (nSPS) is 12.5. The SMILES string of the molecule is Cc1cccc(C(N)c2ccc(C)nc2C)c1. The Morgan fingerprint density at radius 2 is 1.82 bits per heavy atom. The number of nitrogens with two attached hydrogens (primary N) is 1. The maximum Gasteiger partial charge on any atom is 0.0569 e. The van der Waals surface area contributed by atoms with Crippen LogP contribution in [0.15, 0.2) is 36.4 Å². The largest absolute Gasteiger partial charge is 0.320 e. The summed E-state index contributed by atoms with van der Waals surface area (Å²) >= 11 is 0. The predicted molar refractivity (Wildman–Crippen MR) is 70.9 cm³/mol. The second kappa shape index (κ2) is 4.68. The minimum Gasteiger partial charge on any atom is -0.320 e. The van der Waals surface area contributed by atoms with Crippen LogP contribution < -0.4 is 5.73 Å². The Hall–Kier alpha value is -1.67. The molecule has 2 heteroatoms. The third-order valence-electron chi connectivity index (χ3n) is 3.00. The lowest BCUT2D eigenvalue weighted by atomic mass is 9.97. The maximum atomic E-state index is 6.30. The van der Waals surface area contributed by atoms with Crippen LogP contribution in [0.5, 0.6) is 0 Å². The highest BCUT2D eigenvalue weighted by atomic mass is 14.7. The highest BCUT2D eigenvalue weighted by Gasteiger charge is 2.12. The zero-order valence-electron chi connectivity index (χ0n) is 10.6. The lowest BCUT2D eigenvalue weighted by Crippen LogP contribution is -2.14. The molecule has 88 valence electrons. The molecule has 0 saturated heterocycles. The molecule has 0 fully saturated rings. The van der Waals surface area contributed by atoms with Crippen molar-refractivity contribution in [3.05, 3.63) is 64.5 Å². The molecular weight excluding hydrogens is 208 g/mol. The van der Waals surface area contributed by atoms with E-state index in [0.717, 1.165) is 22.5 Å². The molecule has 2 nitrogen and oxygen atoms in total. The molecule has 0 amide bonds. The number of aromatic nitrogens is 1. The molecule has 0 aliphatic rings. The van der Waals surface area contributed by atoms with Crippen LogP contribution in [0.25, 0.3) is 0 Å². The van der Waals surface area contributed by atoms with E-state index in [9.17, 15) is 0 Å². The highest BCUT2D eigenvalue weighted by molar-refractivity contribution is 5.35. The Kier molecular flexibility index (Phi) is 3.25. The van der Waals surface area contributed by atoms with Crippen molar-refractivity contribution in [2.75, 3.05) is 0 Å². The average Bonchev–Trinajstić information content (AvgIpc) is 2.28. The molecule has 0 aliphatic carbocycles. The number of hydrogen-bond donors (Lipinski definition) is 1. The Labute approximate surface area is 103 Å². The van der Waals surface area contributed by atoms with Crippen molar-refractivity contribution >= 4 is 0 Å². The molecule has 0 spiro atoms. The van der Waals surface area contributed by atoms with Gasteiger partial charge in [-0.05, 0) is 38.0 Å². The Morgan fingerprint density at radius 3 is 2.47 bits per heavy atom. The smallest absolute Gasteiger partial charge is 0.0569 e. The van der Waals surface area contributed by atoms with E-state index in [-0.39, 0.29) is 6.04 Å². The van der Waals surface area contributed by atoms with E-state index in [1.807, 2.05) is 26.0 Å². The molecule has 0 saturated carbocycles. The Bertz CT molecular complexity index is 532. The van der Waals surface area contributed by atoms with Crippen molar-refractivity contribution in [1.82, 2.24) is 4.98 Å². The second-order valence-electron chi connectivity index (χ2n) is 4.52. The van der Waals surface area contributed by atoms with Gasteiger partial charge in [0.1, 0.15) is 0 Å². The first-order chi connectivity index (χ1) is 8.08. The van der Waals surface area contributed by atoms with Crippen LogP contribution in [-0.4, -0.2) is 4.98 Å². The van der Waals surface area contributed by atoms with Gasteiger partial charge in [-0.25, -0.2) is 0 Å². The molecule has 17 heavy (non-hydrogen) atoms. The molecule has 2 N–H and O–H groups in total. The molecule has 1 unspecified atom stereocenters. The van der Waals surface area contributed by atoms with Crippen LogP contribution in [0.2, 0.25) is 0 Å². The summed E-state index contributed by atoms with van der Waals surface area (Å²) in [6.45, 7) is 6.09. The number of nitrogens with zero attached hydrogens (tertiary/aromatic N) is 1. The van der Waals surface area contributed by atoms with E-state index < -0.39 is 0 Å². The highest BCUT2D eigenvalue weighted by Crippen LogP contribution is 2.22. The first kappa shape index (κ1) is 11.8. The molecule has 0 radical (unpaired) electrons. The molecule has 1 heterocycles. The molecule has 0 aliphatic heterocycles. The van der Waals surface area contributed by atoms with Gasteiger partial charge >= 0.3 is 0 Å². The summed E-state index contributed by atoms with van der Waals surface area (Å²) < 4.78 is 0. The van der Waals surface area contributed by atoms with Gasteiger partial charge in [-0.1, -0.05) is 35.9 Å². The summed E-state index contributed by atoms with van der Waals surface area (Å²) in [5.41, 5.74) is 11.8. The van der Waals surface area contributed by atoms with Crippen molar-refractivity contribution in [3.63, 3.8) is 0 Å². The van der Waals surface area contributed by atoms with Crippen LogP contribution in [0, 0.1) is 20.8 Å². The molecule has 1 atom stereocenters. The number of benzene rings is 1. The van der Waals surface area contributed by atoms with Gasteiger partial charge in [-0.15, -0.1) is 0 Å². The fourth-order valence-electron chi connectivity index (χ4n) is 2.07. The van der Waals surface area contributed by atoms with Crippen molar-refractivity contribution < 1.29 is 0 Å². The van der Waals surface area contributed by atoms with Gasteiger partial charge in [0.15, 0.2) is 0 Å². The standard InChI is InChI=1S/C15H18N2/c1-10-5-4-6-13(9-10)15(16)14-8-7-11(2)17-12(14)3/h4-9,15H,16H2,1-3H3. The van der Waals surface area contributed by atoms with Crippen LogP contribution in [0.3, 0.4) is 0 Å². The van der Waals surface area contributed by atoms with Gasteiger partial charge in [0.2, 0.25) is 0 Å². The molecule has 0 bridgehead atoms. The number of hydrogen-bond acceptors (Lipinski definition) is 2. The summed E-state index contributed by atoms with van der Waals surface area (Å²) in [5.74, 6) is 0. The lowest BCUT2D eigenvalue weighted by Gasteiger charge is -2.15. The van der Waals surface area contributed by atoms with Crippen LogP contribution in [-0.2, 0) is 0 Å². The number of pyridine rings is 1. The van der Waals surface area contributed by atoms with Gasteiger partial charge in [0.25, 0.3) is 0 Å². The van der Waals surface area contributed by atoms with Crippen molar-refractivity contribution in [1.29, 1.82) is 0 Å². The summed E-state index contributed by atoms with van der Waals surface area (Å²) in [6, 6.07) is 12.3. The van der Waals surface area contributed by atoms with Crippen LogP contribution in [0.1, 0.15) is 34.1 Å². The maximum absolute atomic E-state index is 6.30. The Morgan fingerprint density at radius 1 is 1.06 bits per heavy atom. The van der Waals surface area contributed by atoms with Crippen molar-refractivity contribution in [2.24, 2.45) is 5.73 Å². The van der Waals surface area contributed by atoms with E-state index in [1.165, 1.54) is 5.56 Å². The quantitative estimate of drug-likeness (QED) is 0.854. The zero-order chi connectivity index (χ0) is 12.4. The van der Waals surface area contributed by atoms with E-state index in [2.05, 4.69) is 36.2 Å². The number of aryl methyl sites for hydroxylation is 3. The zero-order valence-corrected chi connectivity index (χ0v) is 10.6. The van der Waals surface area contributed by atoms with Crippen LogP contribution >= 0.6 is 0 Å². The van der Waals surface area contributed by atoms with E-state index >= 15 is 0 Å². The monoisotopic (exact) mass is 226 g/mol. The first-order valence-electron chi connectivity index (χ1n) is 5.84. The Balaban J connectivity index is 2.40. The molecule has 2 rings (SSSR count). The van der Waals surface area contributed by atoms with E-state index in [0.29, 0.717) is 0 Å². The van der Waals surface area contributed by atoms with Gasteiger partial charge in [0.05, 0.1) is 6.04 Å². The van der Waals surface area contributed by atoms with Gasteiger partial charge in [0, 0.05) is 11.4 Å². The minimum absolute atomic E-state index is 0.0944. The van der Waals surface area contributed by atoms with Crippen LogP contribution in [0.4, 0.5) is 0 Å². The van der Waals surface area contributed by atoms with Gasteiger partial charge in [-0.3, -0.25) is 4.98 Å². The predicted octanol–water partition coefficient (Wildman–Crippen LogP) is 3.05. The topological polar surface area (TPSA) is 38.9 Å². The fraction of sp³-hybridized carbons (Fsp3) is 0.267. The summed E-state index contributed by atoms with van der Waals surface area (Å²) in [4.78, 5) is 4.46. The molecule has 1 aromatic heterocycles. The lowest BCUT2D eigenvalue weighted by molar-refractivity contribution is 0.843. The summed E-state index contributed by atoms with van der Waals surface area (Å²) in [5, 5.41) is 0. The summed E-state index contributed by atoms with van der Waals surface area (Å²) in [6.07, 6.45) is 0. The fourth-order valence-corrected chi connectivity index (χ4v) is 2.07. The first-order valence-corrected chi connectivity index (χ1v) is 5.84. The van der Waals surface area contributed by atoms with Gasteiger partial charge < -0.3 is 5.73 Å². The average molecular weight is 226 g/mol. The molecule has 2 aromatic rings. The van der Waals surface area contributed by atoms with Gasteiger partial charge in [-0.2, -0.15) is 0 Å². The minimum atomic E-state index is -0.0944. The molecular formula is C15H18N2. The summed E-state index contributed by atoms with van der Waals surface area (Å²) in [7, 11) is 0. The number of rotatable bonds is 2.